The standard InChI is InChI=1S/C19H28N2O4/c1-13(2)16-12-20(15-9-7-6-8-14(15)17(22)23)10-11-21(16)18(24)25-19(3,4)5/h6-9,13,16H,10-12H2,1-5H3,(H,22,23). The fraction of sp³-hybridized carbons (Fsp3) is 0.579. The molecule has 1 N–H and O–H groups in total. The number of benzene rings is 1. The van der Waals surface area contributed by atoms with Crippen molar-refractivity contribution in [2.24, 2.45) is 5.92 Å². The van der Waals surface area contributed by atoms with Gasteiger partial charge in [-0.15, -0.1) is 0 Å². The molecule has 1 aliphatic heterocycles. The molecule has 6 nitrogen and oxygen atoms in total. The molecule has 1 fully saturated rings. The zero-order valence-corrected chi connectivity index (χ0v) is 15.7. The number of carbonyl (C=O) groups is 2. The van der Waals surface area contributed by atoms with Crippen LogP contribution in [0.1, 0.15) is 45.0 Å². The van der Waals surface area contributed by atoms with Gasteiger partial charge in [0, 0.05) is 19.6 Å². The van der Waals surface area contributed by atoms with Gasteiger partial charge in [-0.3, -0.25) is 0 Å². The van der Waals surface area contributed by atoms with Crippen molar-refractivity contribution in [2.45, 2.75) is 46.3 Å². The molecule has 1 heterocycles. The van der Waals surface area contributed by atoms with Crippen molar-refractivity contribution < 1.29 is 19.4 Å². The highest BCUT2D eigenvalue weighted by Crippen LogP contribution is 2.27. The van der Waals surface area contributed by atoms with E-state index in [-0.39, 0.29) is 23.6 Å². The highest BCUT2D eigenvalue weighted by molar-refractivity contribution is 5.94. The van der Waals surface area contributed by atoms with E-state index in [1.165, 1.54) is 0 Å². The van der Waals surface area contributed by atoms with Gasteiger partial charge >= 0.3 is 12.1 Å². The second kappa shape index (κ2) is 7.33. The first-order chi connectivity index (χ1) is 11.6. The molecule has 0 aliphatic carbocycles. The predicted octanol–water partition coefficient (Wildman–Crippen LogP) is 3.47. The Morgan fingerprint density at radius 1 is 1.20 bits per heavy atom. The molecule has 2 rings (SSSR count). The Labute approximate surface area is 149 Å². The van der Waals surface area contributed by atoms with E-state index < -0.39 is 11.6 Å². The highest BCUT2D eigenvalue weighted by atomic mass is 16.6. The molecule has 25 heavy (non-hydrogen) atoms. The average molecular weight is 348 g/mol. The van der Waals surface area contributed by atoms with Crippen LogP contribution >= 0.6 is 0 Å². The molecule has 1 unspecified atom stereocenters. The minimum Gasteiger partial charge on any atom is -0.478 e. The molecule has 1 amide bonds. The minimum atomic E-state index is -0.939. The summed E-state index contributed by atoms with van der Waals surface area (Å²) in [6.45, 7) is 11.4. The molecular weight excluding hydrogens is 320 g/mol. The highest BCUT2D eigenvalue weighted by Gasteiger charge is 2.35. The van der Waals surface area contributed by atoms with E-state index in [2.05, 4.69) is 18.7 Å². The lowest BCUT2D eigenvalue weighted by molar-refractivity contribution is 0.00877. The number of hydrogen-bond donors (Lipinski definition) is 1. The molecule has 0 bridgehead atoms. The molecule has 1 aromatic carbocycles. The summed E-state index contributed by atoms with van der Waals surface area (Å²) in [5, 5.41) is 9.43. The lowest BCUT2D eigenvalue weighted by Gasteiger charge is -2.44. The lowest BCUT2D eigenvalue weighted by Crippen LogP contribution is -2.58. The van der Waals surface area contributed by atoms with E-state index in [4.69, 9.17) is 4.74 Å². The fourth-order valence-electron chi connectivity index (χ4n) is 3.08. The third-order valence-corrected chi connectivity index (χ3v) is 4.29. The van der Waals surface area contributed by atoms with Gasteiger partial charge in [0.1, 0.15) is 5.60 Å². The maximum Gasteiger partial charge on any atom is 0.410 e. The molecule has 0 radical (unpaired) electrons. The SMILES string of the molecule is CC(C)C1CN(c2ccccc2C(=O)O)CCN1C(=O)OC(C)(C)C. The monoisotopic (exact) mass is 348 g/mol. The van der Waals surface area contributed by atoms with Crippen molar-refractivity contribution in [3.63, 3.8) is 0 Å². The van der Waals surface area contributed by atoms with Gasteiger partial charge in [-0.25, -0.2) is 9.59 Å². The third-order valence-electron chi connectivity index (χ3n) is 4.29. The summed E-state index contributed by atoms with van der Waals surface area (Å²) in [6, 6.07) is 6.97. The van der Waals surface area contributed by atoms with E-state index in [1.54, 1.807) is 17.0 Å². The maximum absolute atomic E-state index is 12.5. The zero-order chi connectivity index (χ0) is 18.8. The first kappa shape index (κ1) is 19.1. The predicted molar refractivity (Wildman–Crippen MR) is 97.2 cm³/mol. The van der Waals surface area contributed by atoms with Gasteiger partial charge < -0.3 is 19.6 Å². The number of nitrogens with zero attached hydrogens (tertiary/aromatic N) is 2. The van der Waals surface area contributed by atoms with Crippen molar-refractivity contribution in [3.8, 4) is 0 Å². The molecule has 0 saturated carbocycles. The van der Waals surface area contributed by atoms with Crippen LogP contribution in [0.4, 0.5) is 10.5 Å². The molecule has 1 atom stereocenters. The first-order valence-electron chi connectivity index (χ1n) is 8.67. The van der Waals surface area contributed by atoms with E-state index in [1.807, 2.05) is 32.9 Å². The number of carboxylic acid groups (broad SMARTS) is 1. The molecule has 0 aromatic heterocycles. The topological polar surface area (TPSA) is 70.1 Å². The van der Waals surface area contributed by atoms with E-state index in [9.17, 15) is 14.7 Å². The number of rotatable bonds is 3. The van der Waals surface area contributed by atoms with Crippen molar-refractivity contribution in [1.29, 1.82) is 0 Å². The fourth-order valence-corrected chi connectivity index (χ4v) is 3.08. The van der Waals surface area contributed by atoms with Gasteiger partial charge in [-0.05, 0) is 38.8 Å². The molecule has 1 aromatic rings. The van der Waals surface area contributed by atoms with E-state index in [0.29, 0.717) is 25.3 Å². The smallest absolute Gasteiger partial charge is 0.410 e. The summed E-state index contributed by atoms with van der Waals surface area (Å²) in [6.07, 6.45) is -0.308. The van der Waals surface area contributed by atoms with Gasteiger partial charge in [0.25, 0.3) is 0 Å². The van der Waals surface area contributed by atoms with Gasteiger partial charge in [-0.2, -0.15) is 0 Å². The number of piperazine rings is 1. The molecule has 1 saturated heterocycles. The summed E-state index contributed by atoms with van der Waals surface area (Å²) >= 11 is 0. The Kier molecular flexibility index (Phi) is 5.60. The maximum atomic E-state index is 12.5. The number of para-hydroxylation sites is 1. The molecule has 0 spiro atoms. The van der Waals surface area contributed by atoms with Crippen LogP contribution in [0.5, 0.6) is 0 Å². The van der Waals surface area contributed by atoms with Gasteiger partial charge in [0.2, 0.25) is 0 Å². The molecular formula is C19H28N2O4. The first-order valence-corrected chi connectivity index (χ1v) is 8.67. The number of ether oxygens (including phenoxy) is 1. The van der Waals surface area contributed by atoms with Crippen LogP contribution in [-0.2, 0) is 4.74 Å². The van der Waals surface area contributed by atoms with Crippen molar-refractivity contribution >= 4 is 17.7 Å². The van der Waals surface area contributed by atoms with Gasteiger partial charge in [0.05, 0.1) is 17.3 Å². The summed E-state index contributed by atoms with van der Waals surface area (Å²) in [5.41, 5.74) is 0.450. The number of amides is 1. The van der Waals surface area contributed by atoms with Crippen LogP contribution in [0.15, 0.2) is 24.3 Å². The summed E-state index contributed by atoms with van der Waals surface area (Å²) < 4.78 is 5.53. The van der Waals surface area contributed by atoms with Crippen LogP contribution in [0, 0.1) is 5.92 Å². The Morgan fingerprint density at radius 2 is 1.84 bits per heavy atom. The summed E-state index contributed by atoms with van der Waals surface area (Å²) in [4.78, 5) is 27.9. The van der Waals surface area contributed by atoms with E-state index in [0.717, 1.165) is 0 Å². The van der Waals surface area contributed by atoms with Crippen LogP contribution < -0.4 is 4.90 Å². The Bertz CT molecular complexity index is 637. The van der Waals surface area contributed by atoms with Crippen molar-refractivity contribution in [3.05, 3.63) is 29.8 Å². The summed E-state index contributed by atoms with van der Waals surface area (Å²) in [5.74, 6) is -0.710. The second-order valence-corrected chi connectivity index (χ2v) is 7.75. The lowest BCUT2D eigenvalue weighted by atomic mass is 9.99. The number of carboxylic acids is 1. The summed E-state index contributed by atoms with van der Waals surface area (Å²) in [7, 11) is 0. The Hall–Kier alpha value is -2.24. The van der Waals surface area contributed by atoms with Gasteiger partial charge in [0.15, 0.2) is 0 Å². The minimum absolute atomic E-state index is 0.0366. The van der Waals surface area contributed by atoms with E-state index >= 15 is 0 Å². The van der Waals surface area contributed by atoms with Gasteiger partial charge in [-0.1, -0.05) is 26.0 Å². The average Bonchev–Trinajstić information content (AvgIpc) is 2.52. The molecule has 138 valence electrons. The molecule has 1 aliphatic rings. The number of aromatic carboxylic acids is 1. The zero-order valence-electron chi connectivity index (χ0n) is 15.7. The van der Waals surface area contributed by atoms with Crippen molar-refractivity contribution in [1.82, 2.24) is 4.90 Å². The Morgan fingerprint density at radius 3 is 2.40 bits per heavy atom. The van der Waals surface area contributed by atoms with Crippen LogP contribution in [0.25, 0.3) is 0 Å². The number of hydrogen-bond acceptors (Lipinski definition) is 4. The van der Waals surface area contributed by atoms with Crippen LogP contribution in [0.2, 0.25) is 0 Å². The van der Waals surface area contributed by atoms with Crippen molar-refractivity contribution in [2.75, 3.05) is 24.5 Å². The second-order valence-electron chi connectivity index (χ2n) is 7.75. The Balaban J connectivity index is 2.22. The van der Waals surface area contributed by atoms with Crippen LogP contribution in [0.3, 0.4) is 0 Å². The molecule has 6 heteroatoms. The quantitative estimate of drug-likeness (QED) is 0.906. The van der Waals surface area contributed by atoms with Crippen LogP contribution in [-0.4, -0.2) is 53.3 Å². The number of anilines is 1. The third kappa shape index (κ3) is 4.65. The normalized spacial score (nSPS) is 18.4. The largest absolute Gasteiger partial charge is 0.478 e. The number of carbonyl (C=O) groups excluding carboxylic acids is 1.